The third kappa shape index (κ3) is 3.53. The first-order valence-corrected chi connectivity index (χ1v) is 4.93. The van der Waals surface area contributed by atoms with Gasteiger partial charge < -0.3 is 10.4 Å². The van der Waals surface area contributed by atoms with Gasteiger partial charge in [0, 0.05) is 29.2 Å². The predicted octanol–water partition coefficient (Wildman–Crippen LogP) is 2.93. The summed E-state index contributed by atoms with van der Waals surface area (Å²) >= 11 is 5.59. The molecule has 4 heteroatoms. The van der Waals surface area contributed by atoms with E-state index >= 15 is 0 Å². The van der Waals surface area contributed by atoms with E-state index in [9.17, 15) is 9.50 Å². The molecule has 0 saturated heterocycles. The van der Waals surface area contributed by atoms with Gasteiger partial charge in [-0.1, -0.05) is 24.2 Å². The number of phenols is 1. The second-order valence-corrected chi connectivity index (χ2v) is 3.86. The van der Waals surface area contributed by atoms with Gasteiger partial charge in [-0.05, 0) is 13.0 Å². The van der Waals surface area contributed by atoms with E-state index in [0.717, 1.165) is 6.07 Å². The van der Waals surface area contributed by atoms with Crippen LogP contribution in [-0.2, 0) is 0 Å². The van der Waals surface area contributed by atoms with Gasteiger partial charge in [-0.15, -0.1) is 0 Å². The molecule has 0 radical (unpaired) electrons. The van der Waals surface area contributed by atoms with Gasteiger partial charge in [0.1, 0.15) is 11.6 Å². The van der Waals surface area contributed by atoms with Crippen LogP contribution in [0.4, 0.5) is 4.39 Å². The highest BCUT2D eigenvalue weighted by Gasteiger charge is 2.10. The predicted molar refractivity (Wildman–Crippen MR) is 59.5 cm³/mol. The Kier molecular flexibility index (Phi) is 4.12. The number of phenolic OH excluding ortho intramolecular Hbond substituents is 1. The number of hydrogen-bond acceptors (Lipinski definition) is 2. The molecule has 1 aromatic rings. The molecule has 1 rings (SSSR count). The maximum absolute atomic E-state index is 12.7. The molecule has 15 heavy (non-hydrogen) atoms. The fourth-order valence-corrected chi connectivity index (χ4v) is 1.33. The minimum Gasteiger partial charge on any atom is -0.508 e. The highest BCUT2D eigenvalue weighted by atomic mass is 35.5. The minimum atomic E-state index is -0.454. The Bertz CT molecular complexity index is 368. The van der Waals surface area contributed by atoms with E-state index in [-0.39, 0.29) is 11.8 Å². The van der Waals surface area contributed by atoms with Crippen LogP contribution in [0.1, 0.15) is 18.5 Å². The number of nitrogens with one attached hydrogen (secondary N) is 1. The monoisotopic (exact) mass is 229 g/mol. The van der Waals surface area contributed by atoms with Gasteiger partial charge in [0.05, 0.1) is 0 Å². The zero-order valence-electron chi connectivity index (χ0n) is 8.43. The van der Waals surface area contributed by atoms with E-state index in [4.69, 9.17) is 11.6 Å². The van der Waals surface area contributed by atoms with Crippen LogP contribution in [0.25, 0.3) is 0 Å². The van der Waals surface area contributed by atoms with Crippen LogP contribution in [-0.4, -0.2) is 11.7 Å². The van der Waals surface area contributed by atoms with E-state index in [1.807, 2.05) is 6.92 Å². The van der Waals surface area contributed by atoms with Crippen molar-refractivity contribution >= 4 is 11.6 Å². The van der Waals surface area contributed by atoms with E-state index in [0.29, 0.717) is 17.1 Å². The van der Waals surface area contributed by atoms with Crippen LogP contribution in [0.2, 0.25) is 0 Å². The summed E-state index contributed by atoms with van der Waals surface area (Å²) in [5.74, 6) is -0.514. The molecule has 0 aliphatic carbocycles. The molecule has 0 heterocycles. The topological polar surface area (TPSA) is 32.3 Å². The molecule has 2 N–H and O–H groups in total. The summed E-state index contributed by atoms with van der Waals surface area (Å²) in [6.45, 7) is 5.84. The van der Waals surface area contributed by atoms with Crippen molar-refractivity contribution in [2.75, 3.05) is 6.54 Å². The molecule has 1 aromatic carbocycles. The summed E-state index contributed by atoms with van der Waals surface area (Å²) in [6.07, 6.45) is 0. The lowest BCUT2D eigenvalue weighted by Gasteiger charge is -2.15. The minimum absolute atomic E-state index is 0.0600. The number of benzene rings is 1. The number of rotatable bonds is 4. The van der Waals surface area contributed by atoms with Crippen molar-refractivity contribution < 1.29 is 9.50 Å². The van der Waals surface area contributed by atoms with Crippen LogP contribution >= 0.6 is 11.6 Å². The second kappa shape index (κ2) is 5.14. The second-order valence-electron chi connectivity index (χ2n) is 3.32. The summed E-state index contributed by atoms with van der Waals surface area (Å²) in [5.41, 5.74) is 0.634. The van der Waals surface area contributed by atoms with Crippen LogP contribution in [0.5, 0.6) is 5.75 Å². The number of hydrogen-bond donors (Lipinski definition) is 2. The van der Waals surface area contributed by atoms with Crippen molar-refractivity contribution in [1.82, 2.24) is 5.32 Å². The van der Waals surface area contributed by atoms with Crippen molar-refractivity contribution in [2.45, 2.75) is 13.0 Å². The van der Waals surface area contributed by atoms with Gasteiger partial charge in [-0.3, -0.25) is 0 Å². The molecular formula is C11H13ClFNO. The Balaban J connectivity index is 2.73. The molecule has 0 aliphatic rings. The van der Waals surface area contributed by atoms with E-state index in [1.165, 1.54) is 6.07 Å². The zero-order valence-corrected chi connectivity index (χ0v) is 9.18. The Labute approximate surface area is 93.4 Å². The van der Waals surface area contributed by atoms with E-state index in [2.05, 4.69) is 11.9 Å². The van der Waals surface area contributed by atoms with Crippen molar-refractivity contribution in [3.05, 3.63) is 41.2 Å². The molecule has 0 amide bonds. The van der Waals surface area contributed by atoms with Gasteiger partial charge in [0.25, 0.3) is 0 Å². The molecule has 1 atom stereocenters. The van der Waals surface area contributed by atoms with E-state index in [1.54, 1.807) is 6.07 Å². The first-order chi connectivity index (χ1) is 7.00. The highest BCUT2D eigenvalue weighted by Crippen LogP contribution is 2.24. The summed E-state index contributed by atoms with van der Waals surface area (Å²) in [5, 5.41) is 13.0. The fourth-order valence-electron chi connectivity index (χ4n) is 1.26. The fraction of sp³-hybridized carbons (Fsp3) is 0.273. The highest BCUT2D eigenvalue weighted by molar-refractivity contribution is 6.29. The first kappa shape index (κ1) is 12.0. The van der Waals surface area contributed by atoms with Crippen LogP contribution in [0.3, 0.4) is 0 Å². The molecule has 1 unspecified atom stereocenters. The summed E-state index contributed by atoms with van der Waals surface area (Å²) in [6, 6.07) is 3.83. The van der Waals surface area contributed by atoms with Crippen LogP contribution in [0.15, 0.2) is 29.8 Å². The Morgan fingerprint density at radius 1 is 1.67 bits per heavy atom. The van der Waals surface area contributed by atoms with Gasteiger partial charge >= 0.3 is 0 Å². The molecule has 0 spiro atoms. The van der Waals surface area contributed by atoms with Gasteiger partial charge in [-0.25, -0.2) is 4.39 Å². The van der Waals surface area contributed by atoms with Crippen molar-refractivity contribution in [3.63, 3.8) is 0 Å². The van der Waals surface area contributed by atoms with Gasteiger partial charge in [0.15, 0.2) is 0 Å². The van der Waals surface area contributed by atoms with Crippen molar-refractivity contribution in [1.29, 1.82) is 0 Å². The van der Waals surface area contributed by atoms with Crippen molar-refractivity contribution in [3.8, 4) is 5.75 Å². The van der Waals surface area contributed by atoms with Gasteiger partial charge in [0.2, 0.25) is 0 Å². The normalized spacial score (nSPS) is 12.5. The molecule has 0 saturated carbocycles. The third-order valence-electron chi connectivity index (χ3n) is 2.06. The number of halogens is 2. The quantitative estimate of drug-likeness (QED) is 0.832. The summed E-state index contributed by atoms with van der Waals surface area (Å²) in [4.78, 5) is 0. The average Bonchev–Trinajstić information content (AvgIpc) is 2.14. The lowest BCUT2D eigenvalue weighted by Crippen LogP contribution is -2.19. The van der Waals surface area contributed by atoms with Crippen molar-refractivity contribution in [2.24, 2.45) is 0 Å². The molecule has 0 aliphatic heterocycles. The summed E-state index contributed by atoms with van der Waals surface area (Å²) < 4.78 is 12.7. The Morgan fingerprint density at radius 3 is 2.87 bits per heavy atom. The van der Waals surface area contributed by atoms with Gasteiger partial charge in [-0.2, -0.15) is 0 Å². The molecule has 0 aromatic heterocycles. The summed E-state index contributed by atoms with van der Waals surface area (Å²) in [7, 11) is 0. The lowest BCUT2D eigenvalue weighted by molar-refractivity contribution is 0.450. The zero-order chi connectivity index (χ0) is 11.4. The van der Waals surface area contributed by atoms with Crippen LogP contribution in [0, 0.1) is 5.82 Å². The average molecular weight is 230 g/mol. The molecule has 0 bridgehead atoms. The standard InChI is InChI=1S/C11H13ClFNO/c1-7(12)6-14-8(2)10-4-3-9(13)5-11(10)15/h3-5,8,14-15H,1,6H2,2H3. The maximum atomic E-state index is 12.7. The molecule has 0 fully saturated rings. The van der Waals surface area contributed by atoms with Crippen LogP contribution < -0.4 is 5.32 Å². The smallest absolute Gasteiger partial charge is 0.126 e. The molecular weight excluding hydrogens is 217 g/mol. The molecule has 2 nitrogen and oxygen atoms in total. The van der Waals surface area contributed by atoms with E-state index < -0.39 is 5.82 Å². The Morgan fingerprint density at radius 2 is 2.33 bits per heavy atom. The maximum Gasteiger partial charge on any atom is 0.126 e. The molecule has 82 valence electrons. The number of aromatic hydroxyl groups is 1. The Hall–Kier alpha value is -1.06. The largest absolute Gasteiger partial charge is 0.508 e. The lowest BCUT2D eigenvalue weighted by atomic mass is 10.1. The third-order valence-corrected chi connectivity index (χ3v) is 2.19. The first-order valence-electron chi connectivity index (χ1n) is 4.55. The SMILES string of the molecule is C=C(Cl)CNC(C)c1ccc(F)cc1O.